The van der Waals surface area contributed by atoms with Crippen LogP contribution in [0, 0.1) is 5.82 Å². The van der Waals surface area contributed by atoms with Crippen molar-refractivity contribution in [2.75, 3.05) is 0 Å². The standard InChI is InChI=1S/C17H12FNOS/c18-14-5-3-12(4-6-14)10-15(20)17-8-7-16(21-17)13-2-1-9-19-11-13/h1-9,11H,10H2. The number of pyridine rings is 1. The number of hydrogen-bond acceptors (Lipinski definition) is 3. The quantitative estimate of drug-likeness (QED) is 0.669. The fraction of sp³-hybridized carbons (Fsp3) is 0.0588. The summed E-state index contributed by atoms with van der Waals surface area (Å²) in [6.07, 6.45) is 3.78. The largest absolute Gasteiger partial charge is 0.293 e. The Hall–Kier alpha value is -2.33. The molecule has 3 aromatic rings. The van der Waals surface area contributed by atoms with Crippen molar-refractivity contribution in [2.24, 2.45) is 0 Å². The smallest absolute Gasteiger partial charge is 0.177 e. The number of aromatic nitrogens is 1. The second-order valence-electron chi connectivity index (χ2n) is 4.63. The van der Waals surface area contributed by atoms with Crippen molar-refractivity contribution in [1.29, 1.82) is 0 Å². The molecule has 0 atom stereocenters. The summed E-state index contributed by atoms with van der Waals surface area (Å²) < 4.78 is 12.8. The number of benzene rings is 1. The van der Waals surface area contributed by atoms with Crippen molar-refractivity contribution in [3.63, 3.8) is 0 Å². The van der Waals surface area contributed by atoms with Crippen LogP contribution in [-0.4, -0.2) is 10.8 Å². The zero-order valence-corrected chi connectivity index (χ0v) is 11.9. The first kappa shape index (κ1) is 13.6. The number of rotatable bonds is 4. The molecule has 0 aliphatic rings. The molecule has 0 bridgehead atoms. The summed E-state index contributed by atoms with van der Waals surface area (Å²) in [6, 6.07) is 13.6. The maximum absolute atomic E-state index is 12.8. The zero-order chi connectivity index (χ0) is 14.7. The van der Waals surface area contributed by atoms with Crippen molar-refractivity contribution in [3.8, 4) is 10.4 Å². The first-order valence-corrected chi connectivity index (χ1v) is 7.32. The van der Waals surface area contributed by atoms with Crippen LogP contribution in [0.15, 0.2) is 60.9 Å². The molecule has 0 saturated carbocycles. The van der Waals surface area contributed by atoms with Gasteiger partial charge in [-0.1, -0.05) is 18.2 Å². The van der Waals surface area contributed by atoms with Gasteiger partial charge in [-0.05, 0) is 35.9 Å². The number of nitrogens with zero attached hydrogens (tertiary/aromatic N) is 1. The number of Topliss-reactive ketones (excluding diaryl/α,β-unsaturated/α-hetero) is 1. The van der Waals surface area contributed by atoms with Crippen LogP contribution in [0.5, 0.6) is 0 Å². The Bertz CT molecular complexity index is 750. The molecule has 0 amide bonds. The van der Waals surface area contributed by atoms with Crippen LogP contribution in [0.4, 0.5) is 4.39 Å². The number of halogens is 1. The summed E-state index contributed by atoms with van der Waals surface area (Å²) >= 11 is 1.45. The second kappa shape index (κ2) is 5.97. The number of hydrogen-bond donors (Lipinski definition) is 0. The molecule has 2 heterocycles. The van der Waals surface area contributed by atoms with Gasteiger partial charge in [0.05, 0.1) is 4.88 Å². The highest BCUT2D eigenvalue weighted by atomic mass is 32.1. The summed E-state index contributed by atoms with van der Waals surface area (Å²) in [4.78, 5) is 18.0. The van der Waals surface area contributed by atoms with Gasteiger partial charge in [-0.2, -0.15) is 0 Å². The summed E-state index contributed by atoms with van der Waals surface area (Å²) in [5, 5.41) is 0. The van der Waals surface area contributed by atoms with Crippen molar-refractivity contribution >= 4 is 17.1 Å². The molecule has 104 valence electrons. The highest BCUT2D eigenvalue weighted by molar-refractivity contribution is 7.17. The molecule has 0 unspecified atom stereocenters. The molecule has 2 nitrogen and oxygen atoms in total. The lowest BCUT2D eigenvalue weighted by atomic mass is 10.1. The molecule has 4 heteroatoms. The lowest BCUT2D eigenvalue weighted by molar-refractivity contribution is 0.0997. The van der Waals surface area contributed by atoms with E-state index in [9.17, 15) is 9.18 Å². The van der Waals surface area contributed by atoms with Gasteiger partial charge < -0.3 is 0 Å². The van der Waals surface area contributed by atoms with Crippen LogP contribution in [0.2, 0.25) is 0 Å². The Balaban J connectivity index is 1.77. The molecule has 2 aromatic heterocycles. The van der Waals surface area contributed by atoms with E-state index in [0.29, 0.717) is 4.88 Å². The minimum absolute atomic E-state index is 0.0433. The first-order chi connectivity index (χ1) is 10.2. The minimum Gasteiger partial charge on any atom is -0.293 e. The Morgan fingerprint density at radius 2 is 1.90 bits per heavy atom. The summed E-state index contributed by atoms with van der Waals surface area (Å²) in [5.74, 6) is -0.247. The summed E-state index contributed by atoms with van der Waals surface area (Å²) in [5.41, 5.74) is 1.82. The molecule has 0 aliphatic carbocycles. The predicted octanol–water partition coefficient (Wildman–Crippen LogP) is 4.37. The number of ketones is 1. The fourth-order valence-corrected chi connectivity index (χ4v) is 2.96. The van der Waals surface area contributed by atoms with E-state index in [0.717, 1.165) is 16.0 Å². The van der Waals surface area contributed by atoms with Crippen molar-refractivity contribution < 1.29 is 9.18 Å². The summed E-state index contributed by atoms with van der Waals surface area (Å²) in [6.45, 7) is 0. The van der Waals surface area contributed by atoms with Gasteiger partial charge in [0.25, 0.3) is 0 Å². The van der Waals surface area contributed by atoms with Crippen LogP contribution >= 0.6 is 11.3 Å². The molecule has 0 saturated heterocycles. The van der Waals surface area contributed by atoms with Crippen LogP contribution < -0.4 is 0 Å². The van der Waals surface area contributed by atoms with E-state index in [1.54, 1.807) is 24.5 Å². The van der Waals surface area contributed by atoms with Gasteiger partial charge in [0, 0.05) is 29.3 Å². The van der Waals surface area contributed by atoms with E-state index in [1.165, 1.54) is 23.5 Å². The van der Waals surface area contributed by atoms with Gasteiger partial charge in [0.2, 0.25) is 0 Å². The van der Waals surface area contributed by atoms with Gasteiger partial charge in [-0.3, -0.25) is 9.78 Å². The minimum atomic E-state index is -0.291. The summed E-state index contributed by atoms with van der Waals surface area (Å²) in [7, 11) is 0. The van der Waals surface area contributed by atoms with Crippen LogP contribution in [0.1, 0.15) is 15.2 Å². The zero-order valence-electron chi connectivity index (χ0n) is 11.1. The third-order valence-electron chi connectivity index (χ3n) is 3.10. The van der Waals surface area contributed by atoms with Gasteiger partial charge in [-0.25, -0.2) is 4.39 Å². The highest BCUT2D eigenvalue weighted by Crippen LogP contribution is 2.28. The molecule has 21 heavy (non-hydrogen) atoms. The van der Waals surface area contributed by atoms with Crippen molar-refractivity contribution in [3.05, 3.63) is 77.2 Å². The third-order valence-corrected chi connectivity index (χ3v) is 4.28. The van der Waals surface area contributed by atoms with Gasteiger partial charge in [0.15, 0.2) is 5.78 Å². The lowest BCUT2D eigenvalue weighted by Crippen LogP contribution is -2.00. The SMILES string of the molecule is O=C(Cc1ccc(F)cc1)c1ccc(-c2cccnc2)s1. The monoisotopic (exact) mass is 297 g/mol. The Morgan fingerprint density at radius 3 is 2.62 bits per heavy atom. The Kier molecular flexibility index (Phi) is 3.88. The second-order valence-corrected chi connectivity index (χ2v) is 5.72. The van der Waals surface area contributed by atoms with E-state index < -0.39 is 0 Å². The van der Waals surface area contributed by atoms with Crippen LogP contribution in [-0.2, 0) is 6.42 Å². The van der Waals surface area contributed by atoms with Crippen LogP contribution in [0.25, 0.3) is 10.4 Å². The van der Waals surface area contributed by atoms with Crippen LogP contribution in [0.3, 0.4) is 0 Å². The maximum atomic E-state index is 12.8. The van der Waals surface area contributed by atoms with Gasteiger partial charge in [-0.15, -0.1) is 11.3 Å². The topological polar surface area (TPSA) is 30.0 Å². The van der Waals surface area contributed by atoms with E-state index in [-0.39, 0.29) is 18.0 Å². The molecule has 0 spiro atoms. The molecule has 0 fully saturated rings. The van der Waals surface area contributed by atoms with E-state index in [1.807, 2.05) is 24.3 Å². The van der Waals surface area contributed by atoms with E-state index in [4.69, 9.17) is 0 Å². The molecule has 1 aromatic carbocycles. The Morgan fingerprint density at radius 1 is 1.10 bits per heavy atom. The van der Waals surface area contributed by atoms with Gasteiger partial charge in [0.1, 0.15) is 5.82 Å². The number of carbonyl (C=O) groups is 1. The number of carbonyl (C=O) groups excluding carboxylic acids is 1. The van der Waals surface area contributed by atoms with E-state index in [2.05, 4.69) is 4.98 Å². The predicted molar refractivity (Wildman–Crippen MR) is 82.0 cm³/mol. The third kappa shape index (κ3) is 3.23. The Labute approximate surface area is 125 Å². The molecule has 0 radical (unpaired) electrons. The molecular weight excluding hydrogens is 285 g/mol. The fourth-order valence-electron chi connectivity index (χ4n) is 2.03. The lowest BCUT2D eigenvalue weighted by Gasteiger charge is -1.99. The average molecular weight is 297 g/mol. The van der Waals surface area contributed by atoms with Crippen molar-refractivity contribution in [1.82, 2.24) is 4.98 Å². The number of thiophene rings is 1. The molecule has 3 rings (SSSR count). The highest BCUT2D eigenvalue weighted by Gasteiger charge is 2.11. The maximum Gasteiger partial charge on any atom is 0.177 e. The average Bonchev–Trinajstić information content (AvgIpc) is 3.00. The first-order valence-electron chi connectivity index (χ1n) is 6.50. The normalized spacial score (nSPS) is 10.5. The van der Waals surface area contributed by atoms with Crippen molar-refractivity contribution in [2.45, 2.75) is 6.42 Å². The molecule has 0 N–H and O–H groups in total. The molecule has 0 aliphatic heterocycles. The molecular formula is C17H12FNOS. The van der Waals surface area contributed by atoms with Gasteiger partial charge >= 0.3 is 0 Å². The van der Waals surface area contributed by atoms with E-state index >= 15 is 0 Å².